The van der Waals surface area contributed by atoms with Crippen LogP contribution in [0, 0.1) is 0 Å². The lowest BCUT2D eigenvalue weighted by Gasteiger charge is -2.10. The fraction of sp³-hybridized carbons (Fsp3) is 0.182. The molecule has 2 aromatic rings. The normalized spacial score (nSPS) is 10.1. The second-order valence-electron chi connectivity index (χ2n) is 3.82. The zero-order valence-corrected chi connectivity index (χ0v) is 10.7. The van der Waals surface area contributed by atoms with Crippen LogP contribution in [-0.4, -0.2) is 44.5 Å². The molecule has 0 aliphatic carbocycles. The standard InChI is InChI=1S/C11H11N5O4/c1-5(17)7-3-6(20-2)4-8(9(7)18)10(19)12-11-13-15-16-14-11/h3-4,18H,1-2H3,(H2,12,13,14,15,16,19). The predicted octanol–water partition coefficient (Wildman–Crippen LogP) is 0.369. The summed E-state index contributed by atoms with van der Waals surface area (Å²) >= 11 is 0. The predicted molar refractivity (Wildman–Crippen MR) is 66.8 cm³/mol. The molecular weight excluding hydrogens is 266 g/mol. The first-order chi connectivity index (χ1) is 9.52. The third kappa shape index (κ3) is 2.55. The van der Waals surface area contributed by atoms with Crippen molar-refractivity contribution in [2.75, 3.05) is 12.4 Å². The molecule has 0 unspecified atom stereocenters. The number of anilines is 1. The molecule has 1 heterocycles. The van der Waals surface area contributed by atoms with Gasteiger partial charge in [0, 0.05) is 0 Å². The average Bonchev–Trinajstić information content (AvgIpc) is 2.91. The van der Waals surface area contributed by atoms with Crippen LogP contribution >= 0.6 is 0 Å². The molecule has 0 aliphatic rings. The van der Waals surface area contributed by atoms with Crippen LogP contribution in [0.5, 0.6) is 11.5 Å². The fourth-order valence-electron chi connectivity index (χ4n) is 1.55. The van der Waals surface area contributed by atoms with E-state index < -0.39 is 17.4 Å². The van der Waals surface area contributed by atoms with E-state index in [-0.39, 0.29) is 22.8 Å². The number of ether oxygens (including phenoxy) is 1. The Morgan fingerprint density at radius 3 is 2.60 bits per heavy atom. The van der Waals surface area contributed by atoms with Gasteiger partial charge in [0.25, 0.3) is 11.9 Å². The van der Waals surface area contributed by atoms with Crippen molar-refractivity contribution < 1.29 is 19.4 Å². The molecule has 0 aliphatic heterocycles. The number of phenolic OH excluding ortho intramolecular Hbond substituents is 1. The molecule has 0 radical (unpaired) electrons. The fourth-order valence-corrected chi connectivity index (χ4v) is 1.55. The van der Waals surface area contributed by atoms with Gasteiger partial charge in [0.15, 0.2) is 5.78 Å². The number of amides is 1. The van der Waals surface area contributed by atoms with Gasteiger partial charge in [-0.1, -0.05) is 5.10 Å². The van der Waals surface area contributed by atoms with E-state index in [4.69, 9.17) is 4.74 Å². The minimum atomic E-state index is -0.690. The summed E-state index contributed by atoms with van der Waals surface area (Å²) in [6.07, 6.45) is 0. The van der Waals surface area contributed by atoms with Crippen LogP contribution in [0.4, 0.5) is 5.95 Å². The number of rotatable bonds is 4. The van der Waals surface area contributed by atoms with E-state index in [0.717, 1.165) is 0 Å². The highest BCUT2D eigenvalue weighted by Crippen LogP contribution is 2.29. The number of ketones is 1. The van der Waals surface area contributed by atoms with Gasteiger partial charge in [-0.05, 0) is 24.3 Å². The molecule has 104 valence electrons. The van der Waals surface area contributed by atoms with Crippen molar-refractivity contribution in [1.82, 2.24) is 20.6 Å². The molecule has 3 N–H and O–H groups in total. The molecule has 1 aromatic carbocycles. The van der Waals surface area contributed by atoms with Gasteiger partial charge in [0.1, 0.15) is 11.5 Å². The van der Waals surface area contributed by atoms with E-state index in [1.807, 2.05) is 0 Å². The average molecular weight is 277 g/mol. The van der Waals surface area contributed by atoms with E-state index in [0.29, 0.717) is 0 Å². The molecule has 0 saturated heterocycles. The zero-order chi connectivity index (χ0) is 14.7. The molecule has 0 spiro atoms. The zero-order valence-electron chi connectivity index (χ0n) is 10.7. The van der Waals surface area contributed by atoms with Gasteiger partial charge in [0.2, 0.25) is 0 Å². The van der Waals surface area contributed by atoms with Gasteiger partial charge < -0.3 is 9.84 Å². The van der Waals surface area contributed by atoms with Crippen molar-refractivity contribution in [2.24, 2.45) is 0 Å². The van der Waals surface area contributed by atoms with Crippen LogP contribution in [0.25, 0.3) is 0 Å². The summed E-state index contributed by atoms with van der Waals surface area (Å²) in [7, 11) is 1.39. The number of methoxy groups -OCH3 is 1. The maximum atomic E-state index is 12.0. The molecule has 0 atom stereocenters. The number of Topliss-reactive ketones (excluding diaryl/α,β-unsaturated/α-hetero) is 1. The van der Waals surface area contributed by atoms with Crippen molar-refractivity contribution >= 4 is 17.6 Å². The first-order valence-corrected chi connectivity index (χ1v) is 5.49. The van der Waals surface area contributed by atoms with Crippen LogP contribution in [0.15, 0.2) is 12.1 Å². The minimum absolute atomic E-state index is 0.0115. The largest absolute Gasteiger partial charge is 0.506 e. The number of benzene rings is 1. The van der Waals surface area contributed by atoms with Crippen LogP contribution in [0.2, 0.25) is 0 Å². The van der Waals surface area contributed by atoms with Crippen molar-refractivity contribution in [3.05, 3.63) is 23.3 Å². The highest BCUT2D eigenvalue weighted by molar-refractivity contribution is 6.09. The van der Waals surface area contributed by atoms with Crippen molar-refractivity contribution in [2.45, 2.75) is 6.92 Å². The number of aromatic hydroxyl groups is 1. The first kappa shape index (κ1) is 13.5. The Balaban J connectivity index is 2.41. The lowest BCUT2D eigenvalue weighted by molar-refractivity contribution is 0.101. The second-order valence-corrected chi connectivity index (χ2v) is 3.82. The number of nitrogens with zero attached hydrogens (tertiary/aromatic N) is 3. The lowest BCUT2D eigenvalue weighted by Crippen LogP contribution is -2.14. The highest BCUT2D eigenvalue weighted by atomic mass is 16.5. The Morgan fingerprint density at radius 2 is 2.05 bits per heavy atom. The van der Waals surface area contributed by atoms with E-state index >= 15 is 0 Å². The Hall–Kier alpha value is -2.97. The van der Waals surface area contributed by atoms with E-state index in [1.54, 1.807) is 0 Å². The molecule has 9 nitrogen and oxygen atoms in total. The number of phenols is 1. The monoisotopic (exact) mass is 277 g/mol. The number of aromatic amines is 1. The summed E-state index contributed by atoms with van der Waals surface area (Å²) in [4.78, 5) is 23.5. The number of hydrogen-bond donors (Lipinski definition) is 3. The molecule has 1 aromatic heterocycles. The Kier molecular flexibility index (Phi) is 3.60. The number of hydrogen-bond acceptors (Lipinski definition) is 7. The Bertz CT molecular complexity index is 653. The van der Waals surface area contributed by atoms with Crippen LogP contribution in [0.1, 0.15) is 27.6 Å². The minimum Gasteiger partial charge on any atom is -0.506 e. The molecule has 2 rings (SSSR count). The number of aromatic nitrogens is 4. The van der Waals surface area contributed by atoms with Gasteiger partial charge in [-0.2, -0.15) is 5.21 Å². The second kappa shape index (κ2) is 5.34. The number of nitrogens with one attached hydrogen (secondary N) is 2. The Labute approximate surface area is 113 Å². The third-order valence-corrected chi connectivity index (χ3v) is 2.51. The van der Waals surface area contributed by atoms with Crippen molar-refractivity contribution in [1.29, 1.82) is 0 Å². The van der Waals surface area contributed by atoms with E-state index in [9.17, 15) is 14.7 Å². The topological polar surface area (TPSA) is 130 Å². The van der Waals surface area contributed by atoms with Gasteiger partial charge in [-0.3, -0.25) is 14.9 Å². The van der Waals surface area contributed by atoms with E-state index in [1.165, 1.54) is 26.2 Å². The summed E-state index contributed by atoms with van der Waals surface area (Å²) in [6, 6.07) is 2.65. The highest BCUT2D eigenvalue weighted by Gasteiger charge is 2.20. The lowest BCUT2D eigenvalue weighted by atomic mass is 10.0. The SMILES string of the molecule is COc1cc(C(C)=O)c(O)c(C(=O)Nc2nn[nH]n2)c1. The maximum Gasteiger partial charge on any atom is 0.270 e. The Morgan fingerprint density at radius 1 is 1.35 bits per heavy atom. The van der Waals surface area contributed by atoms with Crippen molar-refractivity contribution in [3.63, 3.8) is 0 Å². The summed E-state index contributed by atoms with van der Waals surface area (Å²) in [5, 5.41) is 24.8. The van der Waals surface area contributed by atoms with Crippen LogP contribution in [-0.2, 0) is 0 Å². The number of carbonyl (C=O) groups excluding carboxylic acids is 2. The third-order valence-electron chi connectivity index (χ3n) is 2.51. The molecule has 0 saturated carbocycles. The summed E-state index contributed by atoms with van der Waals surface area (Å²) in [6.45, 7) is 1.27. The summed E-state index contributed by atoms with van der Waals surface area (Å²) in [5.74, 6) is -1.30. The van der Waals surface area contributed by atoms with Gasteiger partial charge in [-0.15, -0.1) is 5.10 Å². The summed E-state index contributed by atoms with van der Waals surface area (Å²) in [5.41, 5.74) is -0.137. The molecule has 20 heavy (non-hydrogen) atoms. The molecule has 1 amide bonds. The molecule has 0 fully saturated rings. The molecule has 0 bridgehead atoms. The van der Waals surface area contributed by atoms with Gasteiger partial charge in [-0.25, -0.2) is 0 Å². The van der Waals surface area contributed by atoms with Crippen LogP contribution < -0.4 is 10.1 Å². The molecular formula is C11H11N5O4. The summed E-state index contributed by atoms with van der Waals surface area (Å²) < 4.78 is 4.99. The first-order valence-electron chi connectivity index (χ1n) is 5.49. The van der Waals surface area contributed by atoms with E-state index in [2.05, 4.69) is 25.9 Å². The van der Waals surface area contributed by atoms with Crippen molar-refractivity contribution in [3.8, 4) is 11.5 Å². The number of H-pyrrole nitrogens is 1. The van der Waals surface area contributed by atoms with Gasteiger partial charge in [0.05, 0.1) is 18.2 Å². The smallest absolute Gasteiger partial charge is 0.270 e. The molecule has 9 heteroatoms. The quantitative estimate of drug-likeness (QED) is 0.688. The number of tetrazole rings is 1. The number of carbonyl (C=O) groups is 2. The maximum absolute atomic E-state index is 12.0. The van der Waals surface area contributed by atoms with Gasteiger partial charge >= 0.3 is 0 Å². The van der Waals surface area contributed by atoms with Crippen LogP contribution in [0.3, 0.4) is 0 Å².